The first-order chi connectivity index (χ1) is 9.34. The number of rotatable bonds is 5. The van der Waals surface area contributed by atoms with Gasteiger partial charge in [0, 0.05) is 25.2 Å². The monoisotopic (exact) mass is 320 g/mol. The van der Waals surface area contributed by atoms with Crippen LogP contribution in [0.2, 0.25) is 0 Å². The summed E-state index contributed by atoms with van der Waals surface area (Å²) in [4.78, 5) is 14.5. The van der Waals surface area contributed by atoms with Crippen molar-refractivity contribution >= 4 is 16.1 Å². The smallest absolute Gasteiger partial charge is 0.274 e. The number of amides is 1. The number of likely N-dealkylation sites (tertiary alicyclic amines) is 1. The third kappa shape index (κ3) is 4.91. The number of hydrogen-bond donors (Lipinski definition) is 3. The topological polar surface area (TPSA) is 119 Å². The van der Waals surface area contributed by atoms with Gasteiger partial charge in [-0.05, 0) is 46.5 Å². The van der Waals surface area contributed by atoms with E-state index in [1.165, 1.54) is 0 Å². The Morgan fingerprint density at radius 1 is 1.33 bits per heavy atom. The molecule has 1 amide bonds. The van der Waals surface area contributed by atoms with Crippen molar-refractivity contribution in [2.75, 3.05) is 19.6 Å². The van der Waals surface area contributed by atoms with Crippen LogP contribution in [0, 0.1) is 11.3 Å². The van der Waals surface area contributed by atoms with Gasteiger partial charge < -0.3 is 10.6 Å². The molecular formula is C13H28N4O3S. The van der Waals surface area contributed by atoms with Crippen LogP contribution in [0.4, 0.5) is 0 Å². The molecule has 0 bridgehead atoms. The van der Waals surface area contributed by atoms with Crippen LogP contribution in [0.25, 0.3) is 0 Å². The number of carbonyl (C=O) groups is 1. The average Bonchev–Trinajstić information content (AvgIpc) is 2.33. The molecule has 0 aromatic heterocycles. The summed E-state index contributed by atoms with van der Waals surface area (Å²) < 4.78 is 24.2. The first-order valence-electron chi connectivity index (χ1n) is 7.20. The van der Waals surface area contributed by atoms with Crippen LogP contribution in [0.5, 0.6) is 0 Å². The van der Waals surface area contributed by atoms with Gasteiger partial charge in [0.25, 0.3) is 10.2 Å². The van der Waals surface area contributed by atoms with E-state index in [1.54, 1.807) is 4.90 Å². The van der Waals surface area contributed by atoms with E-state index in [0.717, 1.165) is 12.8 Å². The van der Waals surface area contributed by atoms with Crippen molar-refractivity contribution in [2.45, 2.75) is 46.1 Å². The Kier molecular flexibility index (Phi) is 5.41. The van der Waals surface area contributed by atoms with Gasteiger partial charge in [0.1, 0.15) is 0 Å². The highest BCUT2D eigenvalue weighted by Crippen LogP contribution is 2.32. The number of nitrogens with two attached hydrogens (primary N) is 2. The van der Waals surface area contributed by atoms with Gasteiger partial charge in [-0.3, -0.25) is 4.79 Å². The molecule has 21 heavy (non-hydrogen) atoms. The highest BCUT2D eigenvalue weighted by Gasteiger charge is 2.43. The Morgan fingerprint density at radius 2 is 1.90 bits per heavy atom. The van der Waals surface area contributed by atoms with Gasteiger partial charge >= 0.3 is 0 Å². The Hall–Kier alpha value is -0.700. The SMILES string of the molecule is CC(C)(N)C(C)(C)C(=O)N1CCCC(CNS(N)(=O)=O)C1. The van der Waals surface area contributed by atoms with E-state index in [9.17, 15) is 13.2 Å². The van der Waals surface area contributed by atoms with Crippen molar-refractivity contribution in [3.05, 3.63) is 0 Å². The van der Waals surface area contributed by atoms with E-state index in [0.29, 0.717) is 13.1 Å². The standard InChI is InChI=1S/C13H28N4O3S/c1-12(2,13(3,4)14)11(18)17-7-5-6-10(9-17)8-16-21(15,19)20/h10,16H,5-9,14H2,1-4H3,(H2,15,19,20). The van der Waals surface area contributed by atoms with E-state index in [2.05, 4.69) is 4.72 Å². The van der Waals surface area contributed by atoms with Crippen molar-refractivity contribution in [3.8, 4) is 0 Å². The number of nitrogens with one attached hydrogen (secondary N) is 1. The van der Waals surface area contributed by atoms with E-state index in [4.69, 9.17) is 10.9 Å². The molecule has 8 heteroatoms. The molecule has 1 atom stereocenters. The van der Waals surface area contributed by atoms with Crippen LogP contribution in [0.3, 0.4) is 0 Å². The predicted octanol–water partition coefficient (Wildman–Crippen LogP) is -0.218. The molecule has 1 heterocycles. The first-order valence-corrected chi connectivity index (χ1v) is 8.75. The van der Waals surface area contributed by atoms with Crippen LogP contribution >= 0.6 is 0 Å². The van der Waals surface area contributed by atoms with Crippen LogP contribution < -0.4 is 15.6 Å². The van der Waals surface area contributed by atoms with Crippen molar-refractivity contribution in [1.82, 2.24) is 9.62 Å². The lowest BCUT2D eigenvalue weighted by molar-refractivity contribution is -0.145. The maximum Gasteiger partial charge on any atom is 0.274 e. The van der Waals surface area contributed by atoms with E-state index < -0.39 is 21.2 Å². The molecule has 0 saturated carbocycles. The number of nitrogens with zero attached hydrogens (tertiary/aromatic N) is 1. The number of hydrogen-bond acceptors (Lipinski definition) is 4. The molecule has 1 unspecified atom stereocenters. The molecule has 1 aliphatic heterocycles. The normalized spacial score (nSPS) is 21.4. The van der Waals surface area contributed by atoms with E-state index in [-0.39, 0.29) is 18.4 Å². The fourth-order valence-corrected chi connectivity index (χ4v) is 2.79. The van der Waals surface area contributed by atoms with Gasteiger partial charge in [-0.2, -0.15) is 8.42 Å². The molecule has 0 aromatic carbocycles. The summed E-state index contributed by atoms with van der Waals surface area (Å²) in [6, 6.07) is 0. The fraction of sp³-hybridized carbons (Fsp3) is 0.923. The second-order valence-electron chi connectivity index (χ2n) is 7.00. The summed E-state index contributed by atoms with van der Waals surface area (Å²) in [5, 5.41) is 4.94. The lowest BCUT2D eigenvalue weighted by atomic mass is 9.73. The van der Waals surface area contributed by atoms with Crippen LogP contribution in [0.15, 0.2) is 0 Å². The molecule has 5 N–H and O–H groups in total. The zero-order chi connectivity index (χ0) is 16.5. The van der Waals surface area contributed by atoms with Crippen molar-refractivity contribution in [3.63, 3.8) is 0 Å². The summed E-state index contributed by atoms with van der Waals surface area (Å²) >= 11 is 0. The maximum atomic E-state index is 12.7. The first kappa shape index (κ1) is 18.3. The minimum absolute atomic E-state index is 0.00954. The molecule has 0 spiro atoms. The van der Waals surface area contributed by atoms with Crippen molar-refractivity contribution in [1.29, 1.82) is 0 Å². The summed E-state index contributed by atoms with van der Waals surface area (Å²) in [7, 11) is -3.69. The van der Waals surface area contributed by atoms with Crippen LogP contribution in [0.1, 0.15) is 40.5 Å². The summed E-state index contributed by atoms with van der Waals surface area (Å²) in [6.07, 6.45) is 1.72. The summed E-state index contributed by atoms with van der Waals surface area (Å²) in [5.41, 5.74) is 4.81. The molecule has 0 aliphatic carbocycles. The van der Waals surface area contributed by atoms with Gasteiger partial charge in [0.05, 0.1) is 5.41 Å². The van der Waals surface area contributed by atoms with Gasteiger partial charge in [-0.25, -0.2) is 9.86 Å². The molecule has 124 valence electrons. The molecule has 1 fully saturated rings. The minimum Gasteiger partial charge on any atom is -0.342 e. The van der Waals surface area contributed by atoms with Crippen molar-refractivity contribution < 1.29 is 13.2 Å². The molecule has 7 nitrogen and oxygen atoms in total. The lowest BCUT2D eigenvalue weighted by Gasteiger charge is -2.43. The largest absolute Gasteiger partial charge is 0.342 e. The molecule has 1 saturated heterocycles. The average molecular weight is 320 g/mol. The van der Waals surface area contributed by atoms with Crippen LogP contribution in [-0.4, -0.2) is 44.4 Å². The molecule has 1 rings (SSSR count). The third-order valence-corrected chi connectivity index (χ3v) is 5.09. The Morgan fingerprint density at radius 3 is 2.38 bits per heavy atom. The maximum absolute atomic E-state index is 12.7. The second kappa shape index (κ2) is 6.20. The quantitative estimate of drug-likeness (QED) is 0.649. The van der Waals surface area contributed by atoms with Gasteiger partial charge in [-0.1, -0.05) is 0 Å². The Labute approximate surface area is 127 Å². The molecule has 1 aliphatic rings. The van der Waals surface area contributed by atoms with Crippen molar-refractivity contribution in [2.24, 2.45) is 22.2 Å². The van der Waals surface area contributed by atoms with Gasteiger partial charge in [-0.15, -0.1) is 0 Å². The zero-order valence-corrected chi connectivity index (χ0v) is 14.2. The van der Waals surface area contributed by atoms with Gasteiger partial charge in [0.2, 0.25) is 5.91 Å². The number of piperidine rings is 1. The Balaban J connectivity index is 2.70. The summed E-state index contributed by atoms with van der Waals surface area (Å²) in [5.74, 6) is 0.0908. The molecular weight excluding hydrogens is 292 g/mol. The highest BCUT2D eigenvalue weighted by molar-refractivity contribution is 7.87. The van der Waals surface area contributed by atoms with E-state index >= 15 is 0 Å². The molecule has 0 radical (unpaired) electrons. The fourth-order valence-electron chi connectivity index (χ4n) is 2.32. The second-order valence-corrected chi connectivity index (χ2v) is 8.38. The zero-order valence-electron chi connectivity index (χ0n) is 13.3. The Bertz CT molecular complexity index is 482. The van der Waals surface area contributed by atoms with Gasteiger partial charge in [0.15, 0.2) is 0 Å². The lowest BCUT2D eigenvalue weighted by Crippen LogP contribution is -2.58. The van der Waals surface area contributed by atoms with E-state index in [1.807, 2.05) is 27.7 Å². The summed E-state index contributed by atoms with van der Waals surface area (Å²) in [6.45, 7) is 8.85. The minimum atomic E-state index is -3.69. The molecule has 0 aromatic rings. The third-order valence-electron chi connectivity index (χ3n) is 4.52. The van der Waals surface area contributed by atoms with Crippen LogP contribution in [-0.2, 0) is 15.0 Å². The predicted molar refractivity (Wildman–Crippen MR) is 82.5 cm³/mol. The highest BCUT2D eigenvalue weighted by atomic mass is 32.2. The number of carbonyl (C=O) groups excluding carboxylic acids is 1.